The summed E-state index contributed by atoms with van der Waals surface area (Å²) in [6.45, 7) is 6.30. The molecule has 0 radical (unpaired) electrons. The molecule has 2 aromatic rings. The van der Waals surface area contributed by atoms with Gasteiger partial charge in [0, 0.05) is 29.6 Å². The van der Waals surface area contributed by atoms with Gasteiger partial charge in [0.2, 0.25) is 0 Å². The Bertz CT molecular complexity index is 1120. The molecule has 0 fully saturated rings. The quantitative estimate of drug-likeness (QED) is 0.465. The molecule has 3 rings (SSSR count). The number of amides is 3. The van der Waals surface area contributed by atoms with Gasteiger partial charge in [-0.3, -0.25) is 9.69 Å². The Hall–Kier alpha value is -4.01. The number of unbranched alkanes of at least 4 members (excludes halogenated alkanes) is 1. The number of carbonyl (C=O) groups is 3. The molecule has 0 bridgehead atoms. The number of nitrogens with one attached hydrogen (secondary N) is 2. The van der Waals surface area contributed by atoms with Crippen LogP contribution in [0.3, 0.4) is 0 Å². The molecule has 3 amide bonds. The average molecular weight is 496 g/mol. The van der Waals surface area contributed by atoms with Gasteiger partial charge in [0.05, 0.1) is 32.4 Å². The monoisotopic (exact) mass is 495 g/mol. The minimum atomic E-state index is -0.665. The van der Waals surface area contributed by atoms with Crippen LogP contribution in [0.25, 0.3) is 0 Å². The van der Waals surface area contributed by atoms with E-state index < -0.39 is 12.0 Å². The van der Waals surface area contributed by atoms with Crippen LogP contribution >= 0.6 is 0 Å². The van der Waals surface area contributed by atoms with E-state index in [1.54, 1.807) is 61.2 Å². The maximum absolute atomic E-state index is 12.9. The number of anilines is 1. The molecule has 0 aromatic heterocycles. The first-order valence-electron chi connectivity index (χ1n) is 11.9. The van der Waals surface area contributed by atoms with E-state index in [0.29, 0.717) is 46.1 Å². The van der Waals surface area contributed by atoms with Crippen LogP contribution in [0.1, 0.15) is 55.6 Å². The van der Waals surface area contributed by atoms with Crippen LogP contribution < -0.4 is 20.1 Å². The van der Waals surface area contributed by atoms with Crippen molar-refractivity contribution in [2.24, 2.45) is 0 Å². The van der Waals surface area contributed by atoms with Crippen molar-refractivity contribution in [2.75, 3.05) is 32.7 Å². The summed E-state index contributed by atoms with van der Waals surface area (Å²) in [5.41, 5.74) is 2.61. The lowest BCUT2D eigenvalue weighted by molar-refractivity contribution is -0.139. The minimum Gasteiger partial charge on any atom is -0.497 e. The lowest BCUT2D eigenvalue weighted by Gasteiger charge is -2.35. The third-order valence-corrected chi connectivity index (χ3v) is 5.94. The smallest absolute Gasteiger partial charge is 0.338 e. The summed E-state index contributed by atoms with van der Waals surface area (Å²) in [6, 6.07) is 11.0. The number of ether oxygens (including phenoxy) is 3. The number of nitrogens with zero attached hydrogens (tertiary/aromatic N) is 1. The predicted molar refractivity (Wildman–Crippen MR) is 136 cm³/mol. The topological polar surface area (TPSA) is 106 Å². The highest BCUT2D eigenvalue weighted by molar-refractivity contribution is 6.04. The SMILES string of the molecule is CCCCN1C(=O)NC(c2ccc(NC(=O)c3cc(OC)cc(OC)c3)cc2)C(C(=O)OCC)=C1C. The fourth-order valence-electron chi connectivity index (χ4n) is 3.99. The zero-order valence-corrected chi connectivity index (χ0v) is 21.3. The number of hydrogen-bond acceptors (Lipinski definition) is 6. The number of carbonyl (C=O) groups excluding carboxylic acids is 3. The van der Waals surface area contributed by atoms with E-state index in [1.807, 2.05) is 6.92 Å². The zero-order valence-electron chi connectivity index (χ0n) is 21.3. The number of benzene rings is 2. The lowest BCUT2D eigenvalue weighted by Crippen LogP contribution is -2.48. The van der Waals surface area contributed by atoms with Crippen LogP contribution in [0.15, 0.2) is 53.7 Å². The van der Waals surface area contributed by atoms with E-state index >= 15 is 0 Å². The Morgan fingerprint density at radius 1 is 1.03 bits per heavy atom. The summed E-state index contributed by atoms with van der Waals surface area (Å²) in [7, 11) is 3.03. The van der Waals surface area contributed by atoms with Gasteiger partial charge in [0.25, 0.3) is 5.91 Å². The first-order chi connectivity index (χ1) is 17.3. The molecule has 1 aliphatic rings. The highest BCUT2D eigenvalue weighted by Gasteiger charge is 2.36. The largest absolute Gasteiger partial charge is 0.497 e. The Kier molecular flexibility index (Phi) is 8.94. The molecule has 0 saturated carbocycles. The van der Waals surface area contributed by atoms with Crippen molar-refractivity contribution in [3.05, 3.63) is 64.9 Å². The molecule has 2 N–H and O–H groups in total. The van der Waals surface area contributed by atoms with E-state index in [-0.39, 0.29) is 18.5 Å². The van der Waals surface area contributed by atoms with Crippen LogP contribution in [-0.2, 0) is 9.53 Å². The van der Waals surface area contributed by atoms with Gasteiger partial charge in [-0.2, -0.15) is 0 Å². The van der Waals surface area contributed by atoms with Crippen molar-refractivity contribution >= 4 is 23.6 Å². The van der Waals surface area contributed by atoms with Gasteiger partial charge >= 0.3 is 12.0 Å². The van der Waals surface area contributed by atoms with Crippen molar-refractivity contribution in [3.63, 3.8) is 0 Å². The number of methoxy groups -OCH3 is 2. The molecular formula is C27H33N3O6. The fourth-order valence-corrected chi connectivity index (χ4v) is 3.99. The van der Waals surface area contributed by atoms with Gasteiger partial charge in [-0.25, -0.2) is 9.59 Å². The van der Waals surface area contributed by atoms with E-state index in [9.17, 15) is 14.4 Å². The van der Waals surface area contributed by atoms with Crippen LogP contribution in [0, 0.1) is 0 Å². The molecule has 1 heterocycles. The average Bonchev–Trinajstić information content (AvgIpc) is 2.88. The highest BCUT2D eigenvalue weighted by Crippen LogP contribution is 2.32. The molecule has 1 atom stereocenters. The molecule has 0 spiro atoms. The van der Waals surface area contributed by atoms with Crippen LogP contribution in [-0.4, -0.2) is 50.2 Å². The Morgan fingerprint density at radius 3 is 2.22 bits per heavy atom. The second-order valence-electron chi connectivity index (χ2n) is 8.28. The standard InChI is InChI=1S/C27H33N3O6/c1-6-8-13-30-17(3)23(26(32)36-7-2)24(29-27(30)33)18-9-11-20(12-10-18)28-25(31)19-14-21(34-4)16-22(15-19)35-5/h9-12,14-16,24H,6-8,13H2,1-5H3,(H,28,31)(H,29,33). The third-order valence-electron chi connectivity index (χ3n) is 5.94. The lowest BCUT2D eigenvalue weighted by atomic mass is 9.94. The summed E-state index contributed by atoms with van der Waals surface area (Å²) in [5.74, 6) is 0.209. The first kappa shape index (κ1) is 26.6. The molecule has 2 aromatic carbocycles. The second kappa shape index (κ2) is 12.1. The summed E-state index contributed by atoms with van der Waals surface area (Å²) >= 11 is 0. The number of urea groups is 1. The Balaban J connectivity index is 1.85. The number of allylic oxidation sites excluding steroid dienone is 1. The van der Waals surface area contributed by atoms with Gasteiger partial charge in [-0.05, 0) is 50.1 Å². The molecule has 9 nitrogen and oxygen atoms in total. The maximum Gasteiger partial charge on any atom is 0.338 e. The van der Waals surface area contributed by atoms with Crippen LogP contribution in [0.4, 0.5) is 10.5 Å². The molecular weight excluding hydrogens is 462 g/mol. The van der Waals surface area contributed by atoms with Gasteiger partial charge < -0.3 is 24.8 Å². The Morgan fingerprint density at radius 2 is 1.67 bits per heavy atom. The van der Waals surface area contributed by atoms with Gasteiger partial charge in [-0.1, -0.05) is 25.5 Å². The third kappa shape index (κ3) is 5.97. The molecule has 0 saturated heterocycles. The minimum absolute atomic E-state index is 0.227. The summed E-state index contributed by atoms with van der Waals surface area (Å²) in [4.78, 5) is 40.1. The zero-order chi connectivity index (χ0) is 26.2. The summed E-state index contributed by atoms with van der Waals surface area (Å²) < 4.78 is 15.8. The highest BCUT2D eigenvalue weighted by atomic mass is 16.5. The van der Waals surface area contributed by atoms with Gasteiger partial charge in [0.1, 0.15) is 11.5 Å². The molecule has 9 heteroatoms. The van der Waals surface area contributed by atoms with Crippen molar-refractivity contribution in [3.8, 4) is 11.5 Å². The van der Waals surface area contributed by atoms with E-state index in [1.165, 1.54) is 14.2 Å². The molecule has 0 aliphatic carbocycles. The summed E-state index contributed by atoms with van der Waals surface area (Å²) in [6.07, 6.45) is 1.74. The Labute approximate surface area is 211 Å². The van der Waals surface area contributed by atoms with Crippen LogP contribution in [0.2, 0.25) is 0 Å². The fraction of sp³-hybridized carbons (Fsp3) is 0.370. The molecule has 192 valence electrons. The second-order valence-corrected chi connectivity index (χ2v) is 8.28. The summed E-state index contributed by atoms with van der Waals surface area (Å²) in [5, 5.41) is 5.78. The van der Waals surface area contributed by atoms with E-state index in [2.05, 4.69) is 10.6 Å². The number of hydrogen-bond donors (Lipinski definition) is 2. The van der Waals surface area contributed by atoms with Crippen molar-refractivity contribution < 1.29 is 28.6 Å². The molecule has 1 unspecified atom stereocenters. The van der Waals surface area contributed by atoms with Gasteiger partial charge in [0.15, 0.2) is 0 Å². The normalized spacial score (nSPS) is 15.3. The van der Waals surface area contributed by atoms with E-state index in [4.69, 9.17) is 14.2 Å². The number of esters is 1. The molecule has 36 heavy (non-hydrogen) atoms. The van der Waals surface area contributed by atoms with Crippen molar-refractivity contribution in [2.45, 2.75) is 39.7 Å². The predicted octanol–water partition coefficient (Wildman–Crippen LogP) is 4.66. The van der Waals surface area contributed by atoms with E-state index in [0.717, 1.165) is 12.8 Å². The van der Waals surface area contributed by atoms with Crippen LogP contribution in [0.5, 0.6) is 11.5 Å². The van der Waals surface area contributed by atoms with Crippen molar-refractivity contribution in [1.29, 1.82) is 0 Å². The molecule has 1 aliphatic heterocycles. The van der Waals surface area contributed by atoms with Gasteiger partial charge in [-0.15, -0.1) is 0 Å². The van der Waals surface area contributed by atoms with Crippen molar-refractivity contribution in [1.82, 2.24) is 10.2 Å². The maximum atomic E-state index is 12.9. The first-order valence-corrected chi connectivity index (χ1v) is 11.9. The number of rotatable bonds is 10.